The summed E-state index contributed by atoms with van der Waals surface area (Å²) in [6.07, 6.45) is 6.89. The van der Waals surface area contributed by atoms with Gasteiger partial charge >= 0.3 is 0 Å². The molecule has 0 radical (unpaired) electrons. The quantitative estimate of drug-likeness (QED) is 0.382. The van der Waals surface area contributed by atoms with Crippen molar-refractivity contribution in [1.29, 1.82) is 0 Å². The minimum absolute atomic E-state index is 0.0505. The second kappa shape index (κ2) is 6.21. The molecule has 0 saturated carbocycles. The molecular formula is C14H17F3N2. The summed E-state index contributed by atoms with van der Waals surface area (Å²) in [5.41, 5.74) is 3.49. The van der Waals surface area contributed by atoms with E-state index in [0.29, 0.717) is 0 Å². The van der Waals surface area contributed by atoms with E-state index in [1.54, 1.807) is 0 Å². The molecule has 0 spiro atoms. The number of hydrogen-bond acceptors (Lipinski definition) is 2. The lowest BCUT2D eigenvalue weighted by Crippen LogP contribution is -2.30. The van der Waals surface area contributed by atoms with E-state index in [1.165, 1.54) is 6.07 Å². The standard InChI is InChI=1S/C14H17F3N2/c15-11-8-7-10(12(16)13(11)17)14(19-18)9-5-3-1-2-4-6-9/h5,7-8,14,19H,1-4,6,18H2. The Balaban J connectivity index is 2.36. The van der Waals surface area contributed by atoms with E-state index in [1.807, 2.05) is 6.08 Å². The normalized spacial score (nSPS) is 17.8. The molecule has 1 atom stereocenters. The highest BCUT2D eigenvalue weighted by molar-refractivity contribution is 5.31. The van der Waals surface area contributed by atoms with E-state index in [-0.39, 0.29) is 5.56 Å². The van der Waals surface area contributed by atoms with E-state index in [4.69, 9.17) is 5.84 Å². The Kier molecular flexibility index (Phi) is 4.61. The van der Waals surface area contributed by atoms with Gasteiger partial charge in [0, 0.05) is 5.56 Å². The minimum atomic E-state index is -1.45. The van der Waals surface area contributed by atoms with Crippen LogP contribution in [0.4, 0.5) is 13.2 Å². The van der Waals surface area contributed by atoms with Crippen molar-refractivity contribution in [1.82, 2.24) is 5.43 Å². The zero-order chi connectivity index (χ0) is 13.8. The van der Waals surface area contributed by atoms with Gasteiger partial charge in [-0.25, -0.2) is 18.6 Å². The molecule has 1 aromatic carbocycles. The van der Waals surface area contributed by atoms with Crippen molar-refractivity contribution in [3.05, 3.63) is 46.8 Å². The van der Waals surface area contributed by atoms with E-state index in [9.17, 15) is 13.2 Å². The highest BCUT2D eigenvalue weighted by Crippen LogP contribution is 2.31. The monoisotopic (exact) mass is 270 g/mol. The number of nitrogens with two attached hydrogens (primary N) is 1. The second-order valence-corrected chi connectivity index (χ2v) is 4.74. The van der Waals surface area contributed by atoms with Crippen LogP contribution in [0.15, 0.2) is 23.8 Å². The molecule has 0 aliphatic heterocycles. The fourth-order valence-electron chi connectivity index (χ4n) is 2.46. The summed E-state index contributed by atoms with van der Waals surface area (Å²) < 4.78 is 40.1. The van der Waals surface area contributed by atoms with Crippen molar-refractivity contribution in [2.75, 3.05) is 0 Å². The van der Waals surface area contributed by atoms with Gasteiger partial charge in [-0.3, -0.25) is 5.84 Å². The van der Waals surface area contributed by atoms with Crippen LogP contribution in [-0.2, 0) is 0 Å². The van der Waals surface area contributed by atoms with Crippen molar-refractivity contribution < 1.29 is 13.2 Å². The predicted molar refractivity (Wildman–Crippen MR) is 67.5 cm³/mol. The highest BCUT2D eigenvalue weighted by Gasteiger charge is 2.23. The highest BCUT2D eigenvalue weighted by atomic mass is 19.2. The van der Waals surface area contributed by atoms with E-state index in [2.05, 4.69) is 5.43 Å². The maximum absolute atomic E-state index is 13.8. The lowest BCUT2D eigenvalue weighted by Gasteiger charge is -2.20. The van der Waals surface area contributed by atoms with Crippen LogP contribution in [0, 0.1) is 17.5 Å². The van der Waals surface area contributed by atoms with Gasteiger partial charge in [-0.05, 0) is 31.7 Å². The molecule has 0 bridgehead atoms. The summed E-state index contributed by atoms with van der Waals surface area (Å²) >= 11 is 0. The van der Waals surface area contributed by atoms with Gasteiger partial charge in [-0.15, -0.1) is 0 Å². The number of rotatable bonds is 3. The van der Waals surface area contributed by atoms with Gasteiger partial charge in [0.05, 0.1) is 6.04 Å². The van der Waals surface area contributed by atoms with Crippen LogP contribution in [0.3, 0.4) is 0 Å². The Hall–Kier alpha value is -1.33. The van der Waals surface area contributed by atoms with Crippen LogP contribution >= 0.6 is 0 Å². The number of allylic oxidation sites excluding steroid dienone is 1. The van der Waals surface area contributed by atoms with Gasteiger partial charge in [0.15, 0.2) is 17.5 Å². The number of nitrogens with one attached hydrogen (secondary N) is 1. The number of hydrazine groups is 1. The third-order valence-electron chi connectivity index (χ3n) is 3.49. The van der Waals surface area contributed by atoms with Crippen LogP contribution in [-0.4, -0.2) is 0 Å². The lowest BCUT2D eigenvalue weighted by molar-refractivity contribution is 0.431. The molecule has 0 aromatic heterocycles. The molecule has 0 fully saturated rings. The minimum Gasteiger partial charge on any atom is -0.271 e. The third-order valence-corrected chi connectivity index (χ3v) is 3.49. The average molecular weight is 270 g/mol. The molecule has 19 heavy (non-hydrogen) atoms. The Morgan fingerprint density at radius 3 is 2.58 bits per heavy atom. The van der Waals surface area contributed by atoms with Gasteiger partial charge in [0.2, 0.25) is 0 Å². The number of halogens is 3. The fraction of sp³-hybridized carbons (Fsp3) is 0.429. The summed E-state index contributed by atoms with van der Waals surface area (Å²) in [7, 11) is 0. The first kappa shape index (κ1) is 14.1. The first-order valence-corrected chi connectivity index (χ1v) is 6.43. The molecule has 104 valence electrons. The summed E-state index contributed by atoms with van der Waals surface area (Å²) in [5, 5.41) is 0. The smallest absolute Gasteiger partial charge is 0.194 e. The molecule has 0 saturated heterocycles. The maximum atomic E-state index is 13.8. The molecule has 1 unspecified atom stereocenters. The van der Waals surface area contributed by atoms with Gasteiger partial charge in [0.1, 0.15) is 0 Å². The third kappa shape index (κ3) is 2.98. The number of benzene rings is 1. The second-order valence-electron chi connectivity index (χ2n) is 4.74. The molecule has 0 amide bonds. The molecule has 2 nitrogen and oxygen atoms in total. The van der Waals surface area contributed by atoms with E-state index >= 15 is 0 Å². The largest absolute Gasteiger partial charge is 0.271 e. The molecule has 5 heteroatoms. The lowest BCUT2D eigenvalue weighted by atomic mass is 9.95. The Morgan fingerprint density at radius 2 is 1.84 bits per heavy atom. The zero-order valence-electron chi connectivity index (χ0n) is 10.6. The van der Waals surface area contributed by atoms with Gasteiger partial charge < -0.3 is 0 Å². The van der Waals surface area contributed by atoms with Crippen molar-refractivity contribution in [3.63, 3.8) is 0 Å². The Bertz CT molecular complexity index is 486. The zero-order valence-corrected chi connectivity index (χ0v) is 10.6. The maximum Gasteiger partial charge on any atom is 0.194 e. The average Bonchev–Trinajstić information content (AvgIpc) is 2.69. The summed E-state index contributed by atoms with van der Waals surface area (Å²) in [4.78, 5) is 0. The van der Waals surface area contributed by atoms with Crippen LogP contribution in [0.2, 0.25) is 0 Å². The van der Waals surface area contributed by atoms with Crippen molar-refractivity contribution in [2.24, 2.45) is 5.84 Å². The van der Waals surface area contributed by atoms with Crippen LogP contribution in [0.5, 0.6) is 0 Å². The van der Waals surface area contributed by atoms with E-state index in [0.717, 1.165) is 43.7 Å². The first-order chi connectivity index (χ1) is 9.15. The summed E-state index contributed by atoms with van der Waals surface area (Å²) in [6.45, 7) is 0. The van der Waals surface area contributed by atoms with Crippen LogP contribution in [0.25, 0.3) is 0 Å². The number of hydrogen-bond donors (Lipinski definition) is 2. The predicted octanol–water partition coefficient (Wildman–Crippen LogP) is 3.50. The summed E-state index contributed by atoms with van der Waals surface area (Å²) in [6, 6.07) is 1.56. The van der Waals surface area contributed by atoms with Gasteiger partial charge in [-0.1, -0.05) is 24.1 Å². The molecule has 1 aliphatic carbocycles. The SMILES string of the molecule is NNC(C1=CCCCCC1)c1ccc(F)c(F)c1F. The topological polar surface area (TPSA) is 38.0 Å². The van der Waals surface area contributed by atoms with Crippen LogP contribution < -0.4 is 11.3 Å². The van der Waals surface area contributed by atoms with Gasteiger partial charge in [-0.2, -0.15) is 0 Å². The Labute approximate surface area is 110 Å². The fourth-order valence-corrected chi connectivity index (χ4v) is 2.46. The van der Waals surface area contributed by atoms with Crippen LogP contribution in [0.1, 0.15) is 43.7 Å². The molecule has 0 heterocycles. The first-order valence-electron chi connectivity index (χ1n) is 6.43. The van der Waals surface area contributed by atoms with Gasteiger partial charge in [0.25, 0.3) is 0 Å². The molecular weight excluding hydrogens is 253 g/mol. The summed E-state index contributed by atoms with van der Waals surface area (Å²) in [5.74, 6) is 1.66. The van der Waals surface area contributed by atoms with E-state index < -0.39 is 23.5 Å². The molecule has 1 aliphatic rings. The molecule has 2 rings (SSSR count). The Morgan fingerprint density at radius 1 is 1.05 bits per heavy atom. The molecule has 3 N–H and O–H groups in total. The van der Waals surface area contributed by atoms with Crippen molar-refractivity contribution >= 4 is 0 Å². The van der Waals surface area contributed by atoms with Crippen molar-refractivity contribution in [3.8, 4) is 0 Å². The molecule has 1 aromatic rings. The van der Waals surface area contributed by atoms with Crippen molar-refractivity contribution in [2.45, 2.75) is 38.1 Å².